The molecule has 4 heterocycles. The summed E-state index contributed by atoms with van der Waals surface area (Å²) >= 11 is 0. The van der Waals surface area contributed by atoms with E-state index in [0.29, 0.717) is 24.7 Å². The first-order valence-corrected chi connectivity index (χ1v) is 20.9. The van der Waals surface area contributed by atoms with Crippen LogP contribution in [0.25, 0.3) is 0 Å². The Labute approximate surface area is 323 Å². The van der Waals surface area contributed by atoms with Crippen molar-refractivity contribution in [2.75, 3.05) is 6.61 Å². The Kier molecular flexibility index (Phi) is 11.1. The van der Waals surface area contributed by atoms with Crippen molar-refractivity contribution in [3.05, 3.63) is 11.6 Å². The largest absolute Gasteiger partial charge is 0.458 e. The number of hydrogen-bond acceptors (Lipinski definition) is 14. The number of hydrogen-bond donors (Lipinski definition) is 6. The monoisotopic (exact) mass is 780 g/mol. The molecule has 4 saturated carbocycles. The predicted octanol–water partition coefficient (Wildman–Crippen LogP) is 2.22. The molecule has 4 aliphatic carbocycles. The van der Waals surface area contributed by atoms with E-state index in [2.05, 4.69) is 13.8 Å². The lowest BCUT2D eigenvalue weighted by molar-refractivity contribution is -0.344. The van der Waals surface area contributed by atoms with Crippen molar-refractivity contribution in [3.8, 4) is 0 Å². The number of rotatable bonds is 7. The summed E-state index contributed by atoms with van der Waals surface area (Å²) in [6, 6.07) is 0. The van der Waals surface area contributed by atoms with Gasteiger partial charge < -0.3 is 63.8 Å². The summed E-state index contributed by atoms with van der Waals surface area (Å²) in [6.07, 6.45) is -1.45. The summed E-state index contributed by atoms with van der Waals surface area (Å²) in [5.74, 6) is 0.103. The van der Waals surface area contributed by atoms with E-state index >= 15 is 0 Å². The van der Waals surface area contributed by atoms with Crippen LogP contribution in [0.3, 0.4) is 0 Å². The molecule has 0 spiro atoms. The number of esters is 1. The highest BCUT2D eigenvalue weighted by molar-refractivity contribution is 5.85. The van der Waals surface area contributed by atoms with Gasteiger partial charge in [-0.25, -0.2) is 4.79 Å². The van der Waals surface area contributed by atoms with Gasteiger partial charge in [-0.05, 0) is 94.5 Å². The van der Waals surface area contributed by atoms with Crippen LogP contribution < -0.4 is 0 Å². The Hall–Kier alpha value is -1.27. The molecule has 0 radical (unpaired) electrons. The highest BCUT2D eigenvalue weighted by Crippen LogP contribution is 2.70. The van der Waals surface area contributed by atoms with E-state index in [1.165, 1.54) is 6.08 Å². The third-order valence-electron chi connectivity index (χ3n) is 15.8. The Bertz CT molecular complexity index is 1420. The van der Waals surface area contributed by atoms with E-state index in [-0.39, 0.29) is 48.8 Å². The number of carbonyl (C=O) groups excluding carboxylic acids is 1. The van der Waals surface area contributed by atoms with E-state index in [4.69, 9.17) is 33.2 Å². The minimum absolute atomic E-state index is 0.00949. The fourth-order valence-corrected chi connectivity index (χ4v) is 12.8. The molecule has 8 rings (SSSR count). The van der Waals surface area contributed by atoms with Gasteiger partial charge in [-0.1, -0.05) is 13.8 Å². The minimum Gasteiger partial charge on any atom is -0.458 e. The highest BCUT2D eigenvalue weighted by atomic mass is 16.7. The topological polar surface area (TPSA) is 203 Å². The van der Waals surface area contributed by atoms with Gasteiger partial charge in [0.25, 0.3) is 0 Å². The number of carbonyl (C=O) groups is 1. The van der Waals surface area contributed by atoms with Crippen LogP contribution in [0.4, 0.5) is 0 Å². The van der Waals surface area contributed by atoms with Crippen LogP contribution >= 0.6 is 0 Å². The first-order valence-electron chi connectivity index (χ1n) is 20.9. The third-order valence-corrected chi connectivity index (χ3v) is 15.8. The number of fused-ring (bicyclic) bond motifs is 5. The molecular weight excluding hydrogens is 716 g/mol. The van der Waals surface area contributed by atoms with E-state index < -0.39 is 90.9 Å². The Morgan fingerprint density at radius 1 is 0.709 bits per heavy atom. The van der Waals surface area contributed by atoms with Gasteiger partial charge in [-0.2, -0.15) is 0 Å². The molecule has 0 aromatic rings. The molecule has 14 heteroatoms. The van der Waals surface area contributed by atoms with Gasteiger partial charge in [-0.15, -0.1) is 0 Å². The van der Waals surface area contributed by atoms with Crippen molar-refractivity contribution in [1.29, 1.82) is 0 Å². The SMILES string of the molecule is C[C@H]1O[C@@H](O[C@H]2[C@@H](O[C@H]3C[C@H](O)[C@H](O)[C@@H](C)O3)C[C@H](O[C@H]3CC[C@@]4(C)[C@H](CC[C@@H]5[C@H]4CC[C@]4(C)[C@@H](C6=CC(=O)OC6)[C@@H](O)C[C@]54O)C3)O[C@@H]2C)C[C@H](O)[C@@H]1O. The molecule has 7 fully saturated rings. The summed E-state index contributed by atoms with van der Waals surface area (Å²) in [7, 11) is 0. The van der Waals surface area contributed by atoms with E-state index in [1.54, 1.807) is 13.8 Å². The Morgan fingerprint density at radius 3 is 1.98 bits per heavy atom. The van der Waals surface area contributed by atoms with Gasteiger partial charge in [0.1, 0.15) is 24.9 Å². The molecule has 0 aromatic carbocycles. The van der Waals surface area contributed by atoms with Gasteiger partial charge >= 0.3 is 5.97 Å². The molecule has 0 amide bonds. The molecule has 21 atom stereocenters. The van der Waals surface area contributed by atoms with E-state index in [1.807, 2.05) is 6.92 Å². The maximum atomic E-state index is 12.6. The zero-order valence-corrected chi connectivity index (χ0v) is 32.9. The van der Waals surface area contributed by atoms with Crippen molar-refractivity contribution < 1.29 is 68.6 Å². The first kappa shape index (κ1) is 40.5. The maximum absolute atomic E-state index is 12.6. The molecular formula is C41H64O14. The van der Waals surface area contributed by atoms with E-state index in [9.17, 15) is 35.4 Å². The highest BCUT2D eigenvalue weighted by Gasteiger charge is 2.70. The number of ether oxygens (including phenoxy) is 7. The molecule has 8 aliphatic rings. The molecule has 14 nitrogen and oxygen atoms in total. The number of aliphatic hydroxyl groups excluding tert-OH is 5. The average molecular weight is 781 g/mol. The standard InChI is InChI=1S/C41H64O14/c1-19-36(46)27(42)14-32(50-19)54-30-16-34(52-21(3)38(30)55-33-15-28(43)37(47)20(2)51-33)53-24-8-10-39(4)23(13-24)6-7-26-25(39)9-11-40(5)35(22-12-31(45)49-18-22)29(44)17-41(26,40)48/h12,19-21,23-30,32-38,42-44,46-48H,6-11,13-18H2,1-5H3/t19-,20-,21-,23-,24+,25-,26-,27+,28+,29+,30+,32+,33+,34+,35+,36-,37-,38-,39+,40-,41+/m1/s1. The summed E-state index contributed by atoms with van der Waals surface area (Å²) in [6.45, 7) is 9.97. The van der Waals surface area contributed by atoms with Gasteiger partial charge in [-0.3, -0.25) is 0 Å². The second-order valence-electron chi connectivity index (χ2n) is 18.9. The maximum Gasteiger partial charge on any atom is 0.331 e. The molecule has 0 aromatic heterocycles. The molecule has 0 unspecified atom stereocenters. The predicted molar refractivity (Wildman–Crippen MR) is 193 cm³/mol. The van der Waals surface area contributed by atoms with Gasteiger partial charge in [0.2, 0.25) is 0 Å². The van der Waals surface area contributed by atoms with Gasteiger partial charge in [0.15, 0.2) is 18.9 Å². The van der Waals surface area contributed by atoms with Crippen molar-refractivity contribution >= 4 is 5.97 Å². The molecule has 4 aliphatic heterocycles. The van der Waals surface area contributed by atoms with Crippen molar-refractivity contribution in [3.63, 3.8) is 0 Å². The van der Waals surface area contributed by atoms with Crippen LogP contribution in [0.1, 0.15) is 105 Å². The molecule has 312 valence electrons. The summed E-state index contributed by atoms with van der Waals surface area (Å²) in [5, 5.41) is 65.5. The second-order valence-corrected chi connectivity index (χ2v) is 18.9. The van der Waals surface area contributed by atoms with Crippen molar-refractivity contribution in [1.82, 2.24) is 0 Å². The zero-order valence-electron chi connectivity index (χ0n) is 32.9. The van der Waals surface area contributed by atoms with Crippen molar-refractivity contribution in [2.45, 2.75) is 197 Å². The number of cyclic esters (lactones) is 1. The van der Waals surface area contributed by atoms with Crippen LogP contribution in [0.2, 0.25) is 0 Å². The fraction of sp³-hybridized carbons (Fsp3) is 0.927. The first-order chi connectivity index (χ1) is 26.0. The lowest BCUT2D eigenvalue weighted by Crippen LogP contribution is -2.62. The summed E-state index contributed by atoms with van der Waals surface area (Å²) < 4.78 is 43.2. The van der Waals surface area contributed by atoms with Gasteiger partial charge in [0, 0.05) is 43.1 Å². The lowest BCUT2D eigenvalue weighted by atomic mass is 9.43. The van der Waals surface area contributed by atoms with Crippen LogP contribution in [-0.4, -0.2) is 135 Å². The molecule has 3 saturated heterocycles. The zero-order chi connectivity index (χ0) is 39.2. The van der Waals surface area contributed by atoms with Gasteiger partial charge in [0.05, 0.1) is 54.4 Å². The van der Waals surface area contributed by atoms with Crippen molar-refractivity contribution in [2.24, 2.45) is 34.5 Å². The van der Waals surface area contributed by atoms with Crippen LogP contribution in [0.5, 0.6) is 0 Å². The van der Waals surface area contributed by atoms with Crippen LogP contribution in [0.15, 0.2) is 11.6 Å². The molecule has 55 heavy (non-hydrogen) atoms. The summed E-state index contributed by atoms with van der Waals surface area (Å²) in [5.41, 5.74) is -0.743. The Morgan fingerprint density at radius 2 is 1.35 bits per heavy atom. The molecule has 6 N–H and O–H groups in total. The summed E-state index contributed by atoms with van der Waals surface area (Å²) in [4.78, 5) is 12.0. The quantitative estimate of drug-likeness (QED) is 0.162. The second kappa shape index (κ2) is 15.1. The minimum atomic E-state index is -1.03. The Balaban J connectivity index is 0.936. The third kappa shape index (κ3) is 7.05. The smallest absolute Gasteiger partial charge is 0.331 e. The fourth-order valence-electron chi connectivity index (χ4n) is 12.8. The van der Waals surface area contributed by atoms with Crippen LogP contribution in [-0.2, 0) is 38.0 Å². The van der Waals surface area contributed by atoms with E-state index in [0.717, 1.165) is 50.5 Å². The normalized spacial score (nSPS) is 55.5. The molecule has 0 bridgehead atoms. The lowest BCUT2D eigenvalue weighted by Gasteiger charge is -2.63. The van der Waals surface area contributed by atoms with Crippen LogP contribution in [0, 0.1) is 34.5 Å². The number of aliphatic hydroxyl groups is 6. The average Bonchev–Trinajstić information content (AvgIpc) is 3.63.